The Hall–Kier alpha value is -1.80. The number of aliphatic hydroxyl groups excluding tert-OH is 1. The van der Waals surface area contributed by atoms with Crippen LogP contribution in [-0.2, 0) is 16.1 Å². The third-order valence-corrected chi connectivity index (χ3v) is 4.96. The van der Waals surface area contributed by atoms with Crippen LogP contribution in [-0.4, -0.2) is 60.6 Å². The highest BCUT2D eigenvalue weighted by atomic mass is 35.5. The van der Waals surface area contributed by atoms with Gasteiger partial charge >= 0.3 is 0 Å². The molecule has 1 atom stereocenters. The van der Waals surface area contributed by atoms with E-state index in [1.54, 1.807) is 18.1 Å². The molecule has 0 radical (unpaired) electrons. The van der Waals surface area contributed by atoms with Crippen molar-refractivity contribution < 1.29 is 14.6 Å². The van der Waals surface area contributed by atoms with Crippen molar-refractivity contribution in [2.24, 2.45) is 0 Å². The van der Waals surface area contributed by atoms with E-state index >= 15 is 0 Å². The summed E-state index contributed by atoms with van der Waals surface area (Å²) in [7, 11) is 1.77. The molecule has 3 N–H and O–H groups in total. The van der Waals surface area contributed by atoms with Crippen molar-refractivity contribution in [3.63, 3.8) is 0 Å². The fourth-order valence-electron chi connectivity index (χ4n) is 3.16. The van der Waals surface area contributed by atoms with Crippen LogP contribution < -0.4 is 10.6 Å². The van der Waals surface area contributed by atoms with E-state index in [0.717, 1.165) is 24.8 Å². The number of benzene rings is 1. The second kappa shape index (κ2) is 12.7. The number of hydrogen-bond donors (Lipinski definition) is 3. The molecule has 1 amide bonds. The van der Waals surface area contributed by atoms with Gasteiger partial charge < -0.3 is 25.0 Å². The van der Waals surface area contributed by atoms with E-state index in [9.17, 15) is 9.90 Å². The summed E-state index contributed by atoms with van der Waals surface area (Å²) in [5.74, 6) is -0.103. The summed E-state index contributed by atoms with van der Waals surface area (Å²) in [6.45, 7) is 4.13. The molecule has 2 rings (SSSR count). The van der Waals surface area contributed by atoms with Crippen molar-refractivity contribution in [1.29, 1.82) is 0 Å². The Morgan fingerprint density at radius 3 is 2.72 bits per heavy atom. The lowest BCUT2D eigenvalue weighted by Crippen LogP contribution is -2.46. The van der Waals surface area contributed by atoms with Gasteiger partial charge in [0.2, 0.25) is 0 Å². The van der Waals surface area contributed by atoms with Gasteiger partial charge in [0.05, 0.1) is 13.3 Å². The van der Waals surface area contributed by atoms with Crippen LogP contribution >= 0.6 is 11.6 Å². The number of ether oxygens (including phenoxy) is 1. The molecule has 0 spiro atoms. The second-order valence-corrected chi connectivity index (χ2v) is 7.45. The summed E-state index contributed by atoms with van der Waals surface area (Å²) in [5, 5.41) is 16.2. The van der Waals surface area contributed by atoms with E-state index in [1.165, 1.54) is 0 Å². The number of aliphatic hydroxyl groups is 1. The summed E-state index contributed by atoms with van der Waals surface area (Å²) < 4.78 is 6.14. The predicted octanol–water partition coefficient (Wildman–Crippen LogP) is 2.46. The maximum absolute atomic E-state index is 13.2. The van der Waals surface area contributed by atoms with Crippen LogP contribution in [0.25, 0.3) is 0 Å². The Morgan fingerprint density at radius 1 is 1.31 bits per heavy atom. The lowest BCUT2D eigenvalue weighted by Gasteiger charge is -2.32. The van der Waals surface area contributed by atoms with Gasteiger partial charge in [0.1, 0.15) is 5.70 Å². The minimum Gasteiger partial charge on any atom is -0.396 e. The van der Waals surface area contributed by atoms with Crippen LogP contribution in [0.5, 0.6) is 0 Å². The zero-order valence-electron chi connectivity index (χ0n) is 17.4. The fraction of sp³-hybridized carbons (Fsp3) is 0.571. The number of halogens is 1. The smallest absolute Gasteiger partial charge is 0.272 e. The van der Waals surface area contributed by atoms with Gasteiger partial charge in [-0.15, -0.1) is 0 Å². The molecule has 1 aliphatic heterocycles. The van der Waals surface area contributed by atoms with E-state index < -0.39 is 6.35 Å². The van der Waals surface area contributed by atoms with Crippen LogP contribution in [0.4, 0.5) is 0 Å². The number of nitrogens with zero attached hydrogens (tertiary/aromatic N) is 2. The molecule has 0 bridgehead atoms. The Kier molecular flexibility index (Phi) is 10.3. The Morgan fingerprint density at radius 2 is 2.07 bits per heavy atom. The molecule has 1 saturated heterocycles. The minimum absolute atomic E-state index is 0.0420. The van der Waals surface area contributed by atoms with Crippen molar-refractivity contribution in [3.8, 4) is 0 Å². The molecule has 1 aliphatic rings. The minimum atomic E-state index is -0.440. The molecular formula is C21H33ClN4O3. The van der Waals surface area contributed by atoms with Crippen molar-refractivity contribution >= 4 is 17.5 Å². The summed E-state index contributed by atoms with van der Waals surface area (Å²) in [5.41, 5.74) is 1.54. The van der Waals surface area contributed by atoms with Gasteiger partial charge in [0, 0.05) is 38.0 Å². The first-order valence-corrected chi connectivity index (χ1v) is 10.6. The van der Waals surface area contributed by atoms with Crippen LogP contribution in [0.2, 0.25) is 5.02 Å². The van der Waals surface area contributed by atoms with Gasteiger partial charge in [-0.05, 0) is 30.5 Å². The van der Waals surface area contributed by atoms with Gasteiger partial charge in [-0.2, -0.15) is 0 Å². The molecule has 1 heterocycles. The first kappa shape index (κ1) is 23.5. The third-order valence-electron chi connectivity index (χ3n) is 4.71. The highest BCUT2D eigenvalue weighted by Gasteiger charge is 2.32. The van der Waals surface area contributed by atoms with Gasteiger partial charge in [0.25, 0.3) is 5.91 Å². The first-order chi connectivity index (χ1) is 14.1. The number of amides is 1. The molecule has 8 heteroatoms. The molecule has 162 valence electrons. The monoisotopic (exact) mass is 424 g/mol. The Balaban J connectivity index is 2.27. The zero-order chi connectivity index (χ0) is 21.1. The standard InChI is InChI=1S/C21H33ClN4O3/c1-3-4-5-13-29-21-24-16-25(11-6-12-27)20(28)19(14-23-2)26(21)15-17-7-9-18(22)10-8-17/h7-10,14,21,23-24,27H,3-6,11-13,15-16H2,1-2H3/b19-14+. The Labute approximate surface area is 178 Å². The largest absolute Gasteiger partial charge is 0.396 e. The SMILES string of the molecule is CCCCCOC1NCN(CCCO)C(=O)/C(=C\NC)N1Cc1ccc(Cl)cc1. The number of unbranched alkanes of at least 4 members (excludes halogenated alkanes) is 2. The molecule has 29 heavy (non-hydrogen) atoms. The van der Waals surface area contributed by atoms with E-state index in [0.29, 0.717) is 43.5 Å². The van der Waals surface area contributed by atoms with Crippen LogP contribution in [0.15, 0.2) is 36.2 Å². The molecule has 1 fully saturated rings. The van der Waals surface area contributed by atoms with Crippen molar-refractivity contribution in [1.82, 2.24) is 20.4 Å². The maximum Gasteiger partial charge on any atom is 0.272 e. The summed E-state index contributed by atoms with van der Waals surface area (Å²) in [6.07, 6.45) is 4.99. The van der Waals surface area contributed by atoms with Crippen LogP contribution in [0.3, 0.4) is 0 Å². The number of hydrogen-bond acceptors (Lipinski definition) is 6. The lowest BCUT2D eigenvalue weighted by molar-refractivity contribution is -0.128. The zero-order valence-corrected chi connectivity index (χ0v) is 18.1. The van der Waals surface area contributed by atoms with Gasteiger partial charge in [-0.25, -0.2) is 0 Å². The number of rotatable bonds is 11. The number of nitrogens with one attached hydrogen (secondary N) is 2. The summed E-state index contributed by atoms with van der Waals surface area (Å²) >= 11 is 6.02. The highest BCUT2D eigenvalue weighted by Crippen LogP contribution is 2.21. The summed E-state index contributed by atoms with van der Waals surface area (Å²) in [4.78, 5) is 16.8. The molecular weight excluding hydrogens is 392 g/mol. The average Bonchev–Trinajstić information content (AvgIpc) is 2.84. The maximum atomic E-state index is 13.2. The van der Waals surface area contributed by atoms with Gasteiger partial charge in [-0.1, -0.05) is 43.5 Å². The normalized spacial score (nSPS) is 19.0. The average molecular weight is 425 g/mol. The van der Waals surface area contributed by atoms with Crippen LogP contribution in [0, 0.1) is 0 Å². The molecule has 1 unspecified atom stereocenters. The van der Waals surface area contributed by atoms with E-state index in [4.69, 9.17) is 16.3 Å². The van der Waals surface area contributed by atoms with Gasteiger partial charge in [0.15, 0.2) is 6.35 Å². The molecule has 0 aromatic heterocycles. The van der Waals surface area contributed by atoms with Crippen molar-refractivity contribution in [3.05, 3.63) is 46.7 Å². The van der Waals surface area contributed by atoms with Crippen molar-refractivity contribution in [2.75, 3.05) is 33.5 Å². The predicted molar refractivity (Wildman–Crippen MR) is 115 cm³/mol. The second-order valence-electron chi connectivity index (χ2n) is 7.01. The number of carbonyl (C=O) groups excluding carboxylic acids is 1. The number of carbonyl (C=O) groups is 1. The molecule has 0 aliphatic carbocycles. The van der Waals surface area contributed by atoms with E-state index in [2.05, 4.69) is 17.6 Å². The summed E-state index contributed by atoms with van der Waals surface area (Å²) in [6, 6.07) is 7.59. The van der Waals surface area contributed by atoms with Crippen LogP contribution in [0.1, 0.15) is 38.2 Å². The van der Waals surface area contributed by atoms with Crippen molar-refractivity contribution in [2.45, 2.75) is 45.5 Å². The lowest BCUT2D eigenvalue weighted by atomic mass is 10.2. The molecule has 1 aromatic carbocycles. The highest BCUT2D eigenvalue weighted by molar-refractivity contribution is 6.30. The third kappa shape index (κ3) is 7.19. The molecule has 1 aromatic rings. The first-order valence-electron chi connectivity index (χ1n) is 10.2. The van der Waals surface area contributed by atoms with Gasteiger partial charge in [-0.3, -0.25) is 10.1 Å². The molecule has 0 saturated carbocycles. The molecule has 7 nitrogen and oxygen atoms in total. The van der Waals surface area contributed by atoms with E-state index in [1.807, 2.05) is 29.2 Å². The Bertz CT molecular complexity index is 654. The quantitative estimate of drug-likeness (QED) is 0.374. The fourth-order valence-corrected chi connectivity index (χ4v) is 3.28. The van der Waals surface area contributed by atoms with E-state index in [-0.39, 0.29) is 12.5 Å². The topological polar surface area (TPSA) is 77.1 Å².